The molecule has 0 heterocycles. The molecule has 0 spiro atoms. The van der Waals surface area contributed by atoms with Gasteiger partial charge in [-0.1, -0.05) is 17.7 Å². The third-order valence-corrected chi connectivity index (χ3v) is 1.57. The van der Waals surface area contributed by atoms with Crippen molar-refractivity contribution in [2.75, 3.05) is 5.73 Å². The Bertz CT molecular complexity index is 297. The summed E-state index contributed by atoms with van der Waals surface area (Å²) in [4.78, 5) is 0. The topological polar surface area (TPSA) is 49.8 Å². The van der Waals surface area contributed by atoms with E-state index in [4.69, 9.17) is 11.0 Å². The van der Waals surface area contributed by atoms with Crippen molar-refractivity contribution in [2.45, 2.75) is 13.3 Å². The lowest BCUT2D eigenvalue weighted by Crippen LogP contribution is -1.93. The van der Waals surface area contributed by atoms with Crippen LogP contribution in [-0.2, 0) is 6.42 Å². The summed E-state index contributed by atoms with van der Waals surface area (Å²) in [6.07, 6.45) is 0.396. The Labute approximate surface area is 66.3 Å². The maximum atomic E-state index is 8.43. The molecule has 0 atom stereocenters. The summed E-state index contributed by atoms with van der Waals surface area (Å²) in [5, 5.41) is 8.43. The van der Waals surface area contributed by atoms with E-state index in [1.54, 1.807) is 0 Å². The van der Waals surface area contributed by atoms with Crippen LogP contribution in [0.25, 0.3) is 0 Å². The van der Waals surface area contributed by atoms with Crippen LogP contribution in [0.15, 0.2) is 18.2 Å². The Morgan fingerprint density at radius 2 is 2.27 bits per heavy atom. The van der Waals surface area contributed by atoms with Gasteiger partial charge in [-0.15, -0.1) is 0 Å². The standard InChI is InChI=1S/C9H10N2/c1-7-2-3-9(11)8(6-7)4-5-10/h2-3,6H,4,11H2,1H3. The SMILES string of the molecule is Cc1ccc(N)c(CC#N)c1. The molecule has 11 heavy (non-hydrogen) atoms. The lowest BCUT2D eigenvalue weighted by molar-refractivity contribution is 1.25. The summed E-state index contributed by atoms with van der Waals surface area (Å²) in [6.45, 7) is 1.99. The van der Waals surface area contributed by atoms with Crippen molar-refractivity contribution in [3.05, 3.63) is 29.3 Å². The molecule has 2 nitrogen and oxygen atoms in total. The molecule has 1 aromatic rings. The molecule has 0 aliphatic carbocycles. The van der Waals surface area contributed by atoms with Crippen molar-refractivity contribution in [3.8, 4) is 6.07 Å². The predicted molar refractivity (Wildman–Crippen MR) is 44.9 cm³/mol. The van der Waals surface area contributed by atoms with E-state index in [1.807, 2.05) is 25.1 Å². The fraction of sp³-hybridized carbons (Fsp3) is 0.222. The highest BCUT2D eigenvalue weighted by atomic mass is 14.6. The Morgan fingerprint density at radius 1 is 1.55 bits per heavy atom. The van der Waals surface area contributed by atoms with Crippen molar-refractivity contribution in [3.63, 3.8) is 0 Å². The molecule has 0 aromatic heterocycles. The lowest BCUT2D eigenvalue weighted by atomic mass is 10.1. The zero-order valence-electron chi connectivity index (χ0n) is 6.46. The van der Waals surface area contributed by atoms with E-state index in [9.17, 15) is 0 Å². The first-order valence-corrected chi connectivity index (χ1v) is 3.46. The third kappa shape index (κ3) is 1.71. The van der Waals surface area contributed by atoms with Gasteiger partial charge in [-0.05, 0) is 18.6 Å². The lowest BCUT2D eigenvalue weighted by Gasteiger charge is -2.01. The van der Waals surface area contributed by atoms with Crippen molar-refractivity contribution in [2.24, 2.45) is 0 Å². The Kier molecular flexibility index (Phi) is 2.12. The number of hydrogen-bond donors (Lipinski definition) is 1. The van der Waals surface area contributed by atoms with Crippen LogP contribution >= 0.6 is 0 Å². The van der Waals surface area contributed by atoms with Crippen molar-refractivity contribution < 1.29 is 0 Å². The van der Waals surface area contributed by atoms with Gasteiger partial charge in [0.05, 0.1) is 12.5 Å². The zero-order valence-corrected chi connectivity index (χ0v) is 6.46. The first-order chi connectivity index (χ1) is 5.24. The molecule has 1 rings (SSSR count). The molecule has 0 saturated carbocycles. The molecule has 0 bridgehead atoms. The summed E-state index contributed by atoms with van der Waals surface area (Å²) >= 11 is 0. The van der Waals surface area contributed by atoms with Crippen LogP contribution < -0.4 is 5.73 Å². The summed E-state index contributed by atoms with van der Waals surface area (Å²) in [5.74, 6) is 0. The normalized spacial score (nSPS) is 9.09. The second-order valence-electron chi connectivity index (χ2n) is 2.54. The van der Waals surface area contributed by atoms with Crippen molar-refractivity contribution in [1.29, 1.82) is 5.26 Å². The highest BCUT2D eigenvalue weighted by Crippen LogP contribution is 2.13. The maximum Gasteiger partial charge on any atom is 0.0670 e. The zero-order chi connectivity index (χ0) is 8.27. The largest absolute Gasteiger partial charge is 0.398 e. The van der Waals surface area contributed by atoms with Gasteiger partial charge in [0.1, 0.15) is 0 Å². The van der Waals surface area contributed by atoms with Crippen LogP contribution in [0.1, 0.15) is 11.1 Å². The molecule has 0 radical (unpaired) electrons. The van der Waals surface area contributed by atoms with E-state index in [0.717, 1.165) is 11.1 Å². The molecule has 0 aliphatic rings. The van der Waals surface area contributed by atoms with Gasteiger partial charge in [0.25, 0.3) is 0 Å². The van der Waals surface area contributed by atoms with Gasteiger partial charge in [-0.2, -0.15) is 5.26 Å². The molecule has 1 aromatic carbocycles. The van der Waals surface area contributed by atoms with Crippen LogP contribution in [-0.4, -0.2) is 0 Å². The van der Waals surface area contributed by atoms with Crippen LogP contribution in [0.5, 0.6) is 0 Å². The first kappa shape index (κ1) is 7.62. The predicted octanol–water partition coefficient (Wildman–Crippen LogP) is 1.64. The Hall–Kier alpha value is -1.49. The minimum Gasteiger partial charge on any atom is -0.398 e. The molecule has 2 heteroatoms. The van der Waals surface area contributed by atoms with E-state index in [2.05, 4.69) is 6.07 Å². The quantitative estimate of drug-likeness (QED) is 0.612. The summed E-state index contributed by atoms with van der Waals surface area (Å²) < 4.78 is 0. The second-order valence-corrected chi connectivity index (χ2v) is 2.54. The van der Waals surface area contributed by atoms with Crippen molar-refractivity contribution >= 4 is 5.69 Å². The molecule has 2 N–H and O–H groups in total. The van der Waals surface area contributed by atoms with E-state index >= 15 is 0 Å². The molecule has 0 aliphatic heterocycles. The molecule has 0 saturated heterocycles. The summed E-state index contributed by atoms with van der Waals surface area (Å²) in [5.41, 5.74) is 8.40. The molecular weight excluding hydrogens is 136 g/mol. The molecule has 0 fully saturated rings. The van der Waals surface area contributed by atoms with Gasteiger partial charge in [0.2, 0.25) is 0 Å². The first-order valence-electron chi connectivity index (χ1n) is 3.46. The van der Waals surface area contributed by atoms with Gasteiger partial charge in [-0.25, -0.2) is 0 Å². The van der Waals surface area contributed by atoms with Gasteiger partial charge in [0.15, 0.2) is 0 Å². The molecule has 0 unspecified atom stereocenters. The van der Waals surface area contributed by atoms with Crippen LogP contribution in [0.2, 0.25) is 0 Å². The van der Waals surface area contributed by atoms with Gasteiger partial charge >= 0.3 is 0 Å². The number of hydrogen-bond acceptors (Lipinski definition) is 2. The number of rotatable bonds is 1. The number of nitriles is 1. The van der Waals surface area contributed by atoms with E-state index in [-0.39, 0.29) is 0 Å². The Balaban J connectivity index is 3.05. The van der Waals surface area contributed by atoms with E-state index < -0.39 is 0 Å². The minimum absolute atomic E-state index is 0.396. The summed E-state index contributed by atoms with van der Waals surface area (Å²) in [6, 6.07) is 7.79. The molecule has 0 amide bonds. The number of anilines is 1. The van der Waals surface area contributed by atoms with Crippen LogP contribution in [0.4, 0.5) is 5.69 Å². The fourth-order valence-electron chi connectivity index (χ4n) is 0.973. The van der Waals surface area contributed by atoms with E-state index in [0.29, 0.717) is 12.1 Å². The monoisotopic (exact) mass is 146 g/mol. The smallest absolute Gasteiger partial charge is 0.0670 e. The second kappa shape index (κ2) is 3.07. The highest BCUT2D eigenvalue weighted by Gasteiger charge is 1.96. The molecule has 56 valence electrons. The number of benzene rings is 1. The highest BCUT2D eigenvalue weighted by molar-refractivity contribution is 5.49. The molecular formula is C9H10N2. The average Bonchev–Trinajstić information content (AvgIpc) is 1.98. The minimum atomic E-state index is 0.396. The maximum absolute atomic E-state index is 8.43. The number of nitrogens with two attached hydrogens (primary N) is 1. The van der Waals surface area contributed by atoms with Gasteiger partial charge in [-0.3, -0.25) is 0 Å². The van der Waals surface area contributed by atoms with E-state index in [1.165, 1.54) is 0 Å². The van der Waals surface area contributed by atoms with Crippen LogP contribution in [0, 0.1) is 18.3 Å². The number of nitrogen functional groups attached to an aromatic ring is 1. The van der Waals surface area contributed by atoms with Crippen molar-refractivity contribution in [1.82, 2.24) is 0 Å². The fourth-order valence-corrected chi connectivity index (χ4v) is 0.973. The van der Waals surface area contributed by atoms with Gasteiger partial charge < -0.3 is 5.73 Å². The number of aryl methyl sites for hydroxylation is 1. The van der Waals surface area contributed by atoms with Crippen LogP contribution in [0.3, 0.4) is 0 Å². The third-order valence-electron chi connectivity index (χ3n) is 1.57. The average molecular weight is 146 g/mol. The Morgan fingerprint density at radius 3 is 2.91 bits per heavy atom. The summed E-state index contributed by atoms with van der Waals surface area (Å²) in [7, 11) is 0. The number of nitrogens with zero attached hydrogens (tertiary/aromatic N) is 1. The van der Waals surface area contributed by atoms with Gasteiger partial charge in [0, 0.05) is 5.69 Å².